The number of para-hydroxylation sites is 4. The molecule has 4 nitrogen and oxygen atoms in total. The minimum absolute atomic E-state index is 0.653. The molecule has 0 amide bonds. The van der Waals surface area contributed by atoms with Crippen molar-refractivity contribution in [1.82, 2.24) is 9.13 Å². The van der Waals surface area contributed by atoms with Gasteiger partial charge >= 0.3 is 0 Å². The molecule has 0 bridgehead atoms. The molecule has 8 aromatic carbocycles. The third-order valence-electron chi connectivity index (χ3n) is 10.5. The molecule has 0 saturated heterocycles. The minimum Gasteiger partial charge on any atom is -0.393 e. The molecule has 2 aromatic heterocycles. The maximum absolute atomic E-state index is 6.41. The van der Waals surface area contributed by atoms with Crippen LogP contribution in [0, 0.1) is 0 Å². The largest absolute Gasteiger partial charge is 0.393 e. The molecule has 0 saturated carbocycles. The Balaban J connectivity index is 1.16. The van der Waals surface area contributed by atoms with Gasteiger partial charge in [0.2, 0.25) is 11.4 Å². The molecular formula is C48H35N4+. The first kappa shape index (κ1) is 30.0. The molecule has 246 valence electrons. The standard InChI is InChI=1S/C48H34N4/c49-41-20-10-11-21-42(41)50-43(33-14-3-1-4-15-33)31-51-44-22-12-9-19-38(44)39-29-34(24-26-45(39)51)35-25-27-46-40(30-35)48-37-18-8-7-13-32(37)23-28-47(48)52(46)36-16-5-2-6-17-36/h1-30H,31,49H2/p+1. The van der Waals surface area contributed by atoms with Crippen LogP contribution in [0.2, 0.25) is 0 Å². The van der Waals surface area contributed by atoms with Crippen LogP contribution < -0.4 is 10.7 Å². The minimum atomic E-state index is 0.653. The molecule has 4 heteroatoms. The van der Waals surface area contributed by atoms with Crippen LogP contribution in [0.5, 0.6) is 0 Å². The van der Waals surface area contributed by atoms with E-state index in [9.17, 15) is 0 Å². The van der Waals surface area contributed by atoms with E-state index in [0.29, 0.717) is 6.54 Å². The Morgan fingerprint density at radius 1 is 0.481 bits per heavy atom. The molecule has 52 heavy (non-hydrogen) atoms. The lowest BCUT2D eigenvalue weighted by Crippen LogP contribution is -2.67. The summed E-state index contributed by atoms with van der Waals surface area (Å²) in [6, 6.07) is 65.0. The second-order valence-electron chi connectivity index (χ2n) is 13.5. The maximum atomic E-state index is 6.41. The van der Waals surface area contributed by atoms with Crippen molar-refractivity contribution in [3.05, 3.63) is 188 Å². The van der Waals surface area contributed by atoms with Crippen molar-refractivity contribution in [3.8, 4) is 16.8 Å². The van der Waals surface area contributed by atoms with Crippen molar-refractivity contribution in [2.45, 2.75) is 6.54 Å². The van der Waals surface area contributed by atoms with Crippen molar-refractivity contribution in [1.29, 1.82) is 0 Å². The highest BCUT2D eigenvalue weighted by molar-refractivity contribution is 6.22. The smallest absolute Gasteiger partial charge is 0.226 e. The van der Waals surface area contributed by atoms with Crippen molar-refractivity contribution in [2.75, 3.05) is 5.73 Å². The van der Waals surface area contributed by atoms with Crippen LogP contribution in [-0.2, 0) is 6.54 Å². The molecular weight excluding hydrogens is 633 g/mol. The normalized spacial score (nSPS) is 12.1. The lowest BCUT2D eigenvalue weighted by atomic mass is 9.99. The van der Waals surface area contributed by atoms with Crippen LogP contribution in [0.3, 0.4) is 0 Å². The zero-order chi connectivity index (χ0) is 34.6. The average Bonchev–Trinajstić information content (AvgIpc) is 3.71. The Morgan fingerprint density at radius 3 is 1.90 bits per heavy atom. The monoisotopic (exact) mass is 667 g/mol. The first-order chi connectivity index (χ1) is 25.7. The predicted octanol–water partition coefficient (Wildman–Crippen LogP) is 10.2. The first-order valence-electron chi connectivity index (χ1n) is 17.8. The van der Waals surface area contributed by atoms with Crippen molar-refractivity contribution >= 4 is 71.5 Å². The number of anilines is 1. The van der Waals surface area contributed by atoms with E-state index in [1.54, 1.807) is 0 Å². The summed E-state index contributed by atoms with van der Waals surface area (Å²) in [5.41, 5.74) is 18.6. The van der Waals surface area contributed by atoms with Crippen LogP contribution in [0.15, 0.2) is 182 Å². The van der Waals surface area contributed by atoms with Gasteiger partial charge in [0.15, 0.2) is 0 Å². The highest BCUT2D eigenvalue weighted by atomic mass is 15.0. The number of hydrogen-bond donors (Lipinski definition) is 2. The third kappa shape index (κ3) is 4.88. The summed E-state index contributed by atoms with van der Waals surface area (Å²) in [7, 11) is 0. The van der Waals surface area contributed by atoms with E-state index in [1.165, 1.54) is 65.5 Å². The maximum Gasteiger partial charge on any atom is 0.226 e. The van der Waals surface area contributed by atoms with Gasteiger partial charge in [-0.05, 0) is 88.6 Å². The number of aromatic nitrogens is 2. The van der Waals surface area contributed by atoms with E-state index in [4.69, 9.17) is 5.73 Å². The van der Waals surface area contributed by atoms with E-state index in [2.05, 4.69) is 172 Å². The lowest BCUT2D eigenvalue weighted by molar-refractivity contribution is -0.353. The molecule has 0 aliphatic carbocycles. The molecule has 2 heterocycles. The van der Waals surface area contributed by atoms with Gasteiger partial charge in [-0.3, -0.25) is 0 Å². The summed E-state index contributed by atoms with van der Waals surface area (Å²) in [5, 5.41) is 7.52. The predicted molar refractivity (Wildman–Crippen MR) is 219 cm³/mol. The van der Waals surface area contributed by atoms with Gasteiger partial charge in [-0.1, -0.05) is 109 Å². The van der Waals surface area contributed by atoms with E-state index < -0.39 is 0 Å². The second-order valence-corrected chi connectivity index (χ2v) is 13.5. The molecule has 10 rings (SSSR count). The van der Waals surface area contributed by atoms with E-state index in [0.717, 1.165) is 28.3 Å². The molecule has 0 radical (unpaired) electrons. The number of rotatable bonds is 6. The van der Waals surface area contributed by atoms with Gasteiger partial charge in [0.25, 0.3) is 0 Å². The van der Waals surface area contributed by atoms with Gasteiger partial charge < -0.3 is 14.9 Å². The fourth-order valence-corrected chi connectivity index (χ4v) is 8.00. The molecule has 0 atom stereocenters. The number of benzene rings is 8. The van der Waals surface area contributed by atoms with Crippen LogP contribution >= 0.6 is 0 Å². The fraction of sp³-hybridized carbons (Fsp3) is 0.0208. The van der Waals surface area contributed by atoms with Gasteiger partial charge in [-0.2, -0.15) is 0 Å². The van der Waals surface area contributed by atoms with Crippen molar-refractivity contribution in [2.24, 2.45) is 0 Å². The zero-order valence-electron chi connectivity index (χ0n) is 28.5. The van der Waals surface area contributed by atoms with Crippen molar-refractivity contribution in [3.63, 3.8) is 0 Å². The highest BCUT2D eigenvalue weighted by Crippen LogP contribution is 2.40. The van der Waals surface area contributed by atoms with Crippen molar-refractivity contribution < 1.29 is 4.99 Å². The summed E-state index contributed by atoms with van der Waals surface area (Å²) in [6.45, 7) is 0.653. The fourth-order valence-electron chi connectivity index (χ4n) is 8.00. The third-order valence-corrected chi connectivity index (χ3v) is 10.5. The highest BCUT2D eigenvalue weighted by Gasteiger charge is 2.20. The lowest BCUT2D eigenvalue weighted by Gasteiger charge is -2.09. The number of nitrogen functional groups attached to an aromatic ring is 1. The molecule has 3 N–H and O–H groups in total. The number of fused-ring (bicyclic) bond motifs is 8. The van der Waals surface area contributed by atoms with Crippen LogP contribution in [0.25, 0.3) is 71.2 Å². The number of nitrogens with two attached hydrogens (primary N) is 1. The Bertz CT molecular complexity index is 2990. The molecule has 10 aromatic rings. The molecule has 0 fully saturated rings. The SMILES string of the molecule is Nc1ccccc1[NH+]=C(Cn1c2ccccc2c2cc(-c3ccc4c(c3)c3c5ccccc5ccc3n4-c3ccccc3)ccc21)c1ccccc1. The number of hydrogen-bond acceptors (Lipinski definition) is 1. The quantitative estimate of drug-likeness (QED) is 0.135. The number of nitrogens with one attached hydrogen (secondary N) is 1. The van der Waals surface area contributed by atoms with Gasteiger partial charge in [0.1, 0.15) is 12.2 Å². The van der Waals surface area contributed by atoms with Crippen LogP contribution in [-0.4, -0.2) is 14.8 Å². The molecule has 0 unspecified atom stereocenters. The van der Waals surface area contributed by atoms with Gasteiger partial charge in [-0.25, -0.2) is 4.99 Å². The summed E-state index contributed by atoms with van der Waals surface area (Å²) in [6.07, 6.45) is 0. The first-order valence-corrected chi connectivity index (χ1v) is 17.8. The summed E-state index contributed by atoms with van der Waals surface area (Å²) >= 11 is 0. The Morgan fingerprint density at radius 2 is 1.10 bits per heavy atom. The van der Waals surface area contributed by atoms with E-state index in [1.807, 2.05) is 24.3 Å². The van der Waals surface area contributed by atoms with Crippen LogP contribution in [0.4, 0.5) is 11.4 Å². The molecule has 0 aliphatic rings. The van der Waals surface area contributed by atoms with Crippen LogP contribution in [0.1, 0.15) is 5.56 Å². The second kappa shape index (κ2) is 12.1. The Hall–Kier alpha value is -6.91. The summed E-state index contributed by atoms with van der Waals surface area (Å²) in [5.74, 6) is 0. The number of nitrogens with zero attached hydrogens (tertiary/aromatic N) is 2. The molecule has 0 aliphatic heterocycles. The zero-order valence-corrected chi connectivity index (χ0v) is 28.5. The Labute approximate surface area is 301 Å². The van der Waals surface area contributed by atoms with Gasteiger partial charge in [0, 0.05) is 49.9 Å². The topological polar surface area (TPSA) is 49.9 Å². The summed E-state index contributed by atoms with van der Waals surface area (Å²) in [4.78, 5) is 3.70. The average molecular weight is 668 g/mol. The Kier molecular flexibility index (Phi) is 7.00. The van der Waals surface area contributed by atoms with Gasteiger partial charge in [-0.15, -0.1) is 0 Å². The van der Waals surface area contributed by atoms with E-state index in [-0.39, 0.29) is 0 Å². The van der Waals surface area contributed by atoms with E-state index >= 15 is 0 Å². The van der Waals surface area contributed by atoms with Gasteiger partial charge in [0.05, 0.1) is 11.0 Å². The molecule has 0 spiro atoms. The summed E-state index contributed by atoms with van der Waals surface area (Å²) < 4.78 is 4.82.